The van der Waals surface area contributed by atoms with E-state index in [-0.39, 0.29) is 6.61 Å². The second-order valence-electron chi connectivity index (χ2n) is 5.06. The summed E-state index contributed by atoms with van der Waals surface area (Å²) in [7, 11) is 1.70. The first-order valence-corrected chi connectivity index (χ1v) is 7.06. The van der Waals surface area contributed by atoms with Gasteiger partial charge in [-0.2, -0.15) is 0 Å². The monoisotopic (exact) mass is 284 g/mol. The van der Waals surface area contributed by atoms with Crippen LogP contribution in [0, 0.1) is 5.92 Å². The SMILES string of the molecule is COCCN(c1cc(CO)c(Cl)cn1)C(C)C1CC1. The first kappa shape index (κ1) is 14.6. The van der Waals surface area contributed by atoms with Gasteiger partial charge in [0, 0.05) is 31.5 Å². The van der Waals surface area contributed by atoms with Crippen LogP contribution in [0.4, 0.5) is 5.82 Å². The van der Waals surface area contributed by atoms with E-state index in [0.717, 1.165) is 23.8 Å². The first-order chi connectivity index (χ1) is 9.17. The number of rotatable bonds is 7. The molecule has 1 atom stereocenters. The van der Waals surface area contributed by atoms with Crippen molar-refractivity contribution in [2.45, 2.75) is 32.4 Å². The molecule has 0 aromatic carbocycles. The largest absolute Gasteiger partial charge is 0.392 e. The summed E-state index contributed by atoms with van der Waals surface area (Å²) in [5, 5.41) is 9.82. The fourth-order valence-corrected chi connectivity index (χ4v) is 2.46. The highest BCUT2D eigenvalue weighted by Crippen LogP contribution is 2.36. The van der Waals surface area contributed by atoms with Crippen LogP contribution in [0.1, 0.15) is 25.3 Å². The quantitative estimate of drug-likeness (QED) is 0.835. The Kier molecular flexibility index (Phi) is 5.02. The second kappa shape index (κ2) is 6.55. The van der Waals surface area contributed by atoms with Crippen LogP contribution in [0.3, 0.4) is 0 Å². The molecule has 0 saturated heterocycles. The zero-order valence-electron chi connectivity index (χ0n) is 11.5. The average molecular weight is 285 g/mol. The Labute approximate surface area is 119 Å². The van der Waals surface area contributed by atoms with Crippen LogP contribution in [-0.2, 0) is 11.3 Å². The molecule has 19 heavy (non-hydrogen) atoms. The van der Waals surface area contributed by atoms with Crippen LogP contribution in [0.15, 0.2) is 12.3 Å². The number of methoxy groups -OCH3 is 1. The first-order valence-electron chi connectivity index (χ1n) is 6.68. The molecule has 106 valence electrons. The number of hydrogen-bond acceptors (Lipinski definition) is 4. The van der Waals surface area contributed by atoms with E-state index in [0.29, 0.717) is 17.7 Å². The molecular formula is C14H21ClN2O2. The number of aliphatic hydroxyl groups is 1. The number of halogens is 1. The third-order valence-corrected chi connectivity index (χ3v) is 4.06. The topological polar surface area (TPSA) is 45.6 Å². The molecule has 1 aromatic rings. The van der Waals surface area contributed by atoms with Crippen molar-refractivity contribution < 1.29 is 9.84 Å². The number of hydrogen-bond donors (Lipinski definition) is 1. The summed E-state index contributed by atoms with van der Waals surface area (Å²) in [5.41, 5.74) is 0.720. The molecule has 1 heterocycles. The molecule has 1 N–H and O–H groups in total. The van der Waals surface area contributed by atoms with Gasteiger partial charge in [0.05, 0.1) is 18.2 Å². The van der Waals surface area contributed by atoms with Gasteiger partial charge in [0.2, 0.25) is 0 Å². The Morgan fingerprint density at radius 3 is 2.89 bits per heavy atom. The van der Waals surface area contributed by atoms with Crippen molar-refractivity contribution in [1.82, 2.24) is 4.98 Å². The van der Waals surface area contributed by atoms with Crippen LogP contribution >= 0.6 is 11.6 Å². The van der Waals surface area contributed by atoms with Crippen molar-refractivity contribution in [3.05, 3.63) is 22.8 Å². The zero-order valence-corrected chi connectivity index (χ0v) is 12.2. The van der Waals surface area contributed by atoms with Crippen molar-refractivity contribution in [1.29, 1.82) is 0 Å². The summed E-state index contributed by atoms with van der Waals surface area (Å²) in [6, 6.07) is 2.31. The molecule has 0 aliphatic heterocycles. The zero-order chi connectivity index (χ0) is 13.8. The molecule has 1 aliphatic rings. The second-order valence-corrected chi connectivity index (χ2v) is 5.46. The lowest BCUT2D eigenvalue weighted by Crippen LogP contribution is -2.38. The maximum absolute atomic E-state index is 9.31. The van der Waals surface area contributed by atoms with Crippen LogP contribution < -0.4 is 4.90 Å². The molecule has 1 fully saturated rings. The highest BCUT2D eigenvalue weighted by Gasteiger charge is 2.32. The smallest absolute Gasteiger partial charge is 0.129 e. The molecule has 0 radical (unpaired) electrons. The van der Waals surface area contributed by atoms with Gasteiger partial charge in [-0.05, 0) is 31.7 Å². The standard InChI is InChI=1S/C14H21ClN2O2/c1-10(11-3-4-11)17(5-6-19-2)14-7-12(9-18)13(15)8-16-14/h7-8,10-11,18H,3-6,9H2,1-2H3. The Hall–Kier alpha value is -0.840. The average Bonchev–Trinajstić information content (AvgIpc) is 3.24. The number of aromatic nitrogens is 1. The molecule has 4 nitrogen and oxygen atoms in total. The molecular weight excluding hydrogens is 264 g/mol. The normalized spacial score (nSPS) is 16.4. The minimum atomic E-state index is -0.0652. The van der Waals surface area contributed by atoms with Crippen molar-refractivity contribution >= 4 is 17.4 Å². The van der Waals surface area contributed by atoms with Gasteiger partial charge >= 0.3 is 0 Å². The van der Waals surface area contributed by atoms with Crippen LogP contribution in [0.5, 0.6) is 0 Å². The Morgan fingerprint density at radius 1 is 1.58 bits per heavy atom. The van der Waals surface area contributed by atoms with Gasteiger partial charge in [-0.25, -0.2) is 4.98 Å². The Balaban J connectivity index is 2.20. The number of nitrogens with zero attached hydrogens (tertiary/aromatic N) is 2. The van der Waals surface area contributed by atoms with Crippen molar-refractivity contribution in [3.63, 3.8) is 0 Å². The molecule has 1 saturated carbocycles. The van der Waals surface area contributed by atoms with E-state index in [1.165, 1.54) is 12.8 Å². The summed E-state index contributed by atoms with van der Waals surface area (Å²) in [6.45, 7) is 3.62. The highest BCUT2D eigenvalue weighted by atomic mass is 35.5. The molecule has 5 heteroatoms. The van der Waals surface area contributed by atoms with E-state index in [1.54, 1.807) is 13.3 Å². The van der Waals surface area contributed by atoms with Crippen molar-refractivity contribution in [2.75, 3.05) is 25.2 Å². The van der Waals surface area contributed by atoms with Crippen LogP contribution in [-0.4, -0.2) is 36.4 Å². The third-order valence-electron chi connectivity index (χ3n) is 3.72. The number of anilines is 1. The fourth-order valence-electron chi connectivity index (χ4n) is 2.30. The lowest BCUT2D eigenvalue weighted by Gasteiger charge is -2.30. The van der Waals surface area contributed by atoms with Gasteiger partial charge in [0.15, 0.2) is 0 Å². The predicted molar refractivity (Wildman–Crippen MR) is 76.6 cm³/mol. The number of ether oxygens (including phenoxy) is 1. The Morgan fingerprint density at radius 2 is 2.32 bits per heavy atom. The van der Waals surface area contributed by atoms with E-state index in [1.807, 2.05) is 6.07 Å². The maximum atomic E-state index is 9.31. The number of aliphatic hydroxyl groups excluding tert-OH is 1. The summed E-state index contributed by atoms with van der Waals surface area (Å²) < 4.78 is 5.18. The maximum Gasteiger partial charge on any atom is 0.129 e. The molecule has 0 bridgehead atoms. The lowest BCUT2D eigenvalue weighted by atomic mass is 10.1. The van der Waals surface area contributed by atoms with E-state index in [9.17, 15) is 5.11 Å². The predicted octanol–water partition coefficient (Wildman–Crippen LogP) is 2.48. The van der Waals surface area contributed by atoms with Crippen LogP contribution in [0.25, 0.3) is 0 Å². The van der Waals surface area contributed by atoms with Gasteiger partial charge in [0.1, 0.15) is 5.82 Å². The van der Waals surface area contributed by atoms with E-state index in [2.05, 4.69) is 16.8 Å². The van der Waals surface area contributed by atoms with Gasteiger partial charge in [-0.15, -0.1) is 0 Å². The van der Waals surface area contributed by atoms with Crippen LogP contribution in [0.2, 0.25) is 5.02 Å². The third kappa shape index (κ3) is 3.59. The van der Waals surface area contributed by atoms with Gasteiger partial charge in [0.25, 0.3) is 0 Å². The van der Waals surface area contributed by atoms with Crippen molar-refractivity contribution in [3.8, 4) is 0 Å². The Bertz CT molecular complexity index is 424. The lowest BCUT2D eigenvalue weighted by molar-refractivity contribution is 0.202. The fraction of sp³-hybridized carbons (Fsp3) is 0.643. The van der Waals surface area contributed by atoms with Crippen molar-refractivity contribution in [2.24, 2.45) is 5.92 Å². The molecule has 1 aliphatic carbocycles. The minimum Gasteiger partial charge on any atom is -0.392 e. The summed E-state index contributed by atoms with van der Waals surface area (Å²) in [6.07, 6.45) is 4.18. The minimum absolute atomic E-state index is 0.0652. The summed E-state index contributed by atoms with van der Waals surface area (Å²) >= 11 is 5.99. The number of pyridine rings is 1. The van der Waals surface area contributed by atoms with E-state index in [4.69, 9.17) is 16.3 Å². The van der Waals surface area contributed by atoms with E-state index < -0.39 is 0 Å². The molecule has 0 spiro atoms. The molecule has 1 aromatic heterocycles. The van der Waals surface area contributed by atoms with E-state index >= 15 is 0 Å². The van der Waals surface area contributed by atoms with Gasteiger partial charge in [-0.3, -0.25) is 0 Å². The molecule has 1 unspecified atom stereocenters. The van der Waals surface area contributed by atoms with Gasteiger partial charge in [-0.1, -0.05) is 11.6 Å². The molecule has 0 amide bonds. The summed E-state index contributed by atoms with van der Waals surface area (Å²) in [5.74, 6) is 1.61. The summed E-state index contributed by atoms with van der Waals surface area (Å²) in [4.78, 5) is 6.65. The highest BCUT2D eigenvalue weighted by molar-refractivity contribution is 6.31. The van der Waals surface area contributed by atoms with Gasteiger partial charge < -0.3 is 14.7 Å². The molecule has 2 rings (SSSR count).